The van der Waals surface area contributed by atoms with Gasteiger partial charge in [0.25, 0.3) is 0 Å². The van der Waals surface area contributed by atoms with Crippen molar-refractivity contribution < 1.29 is 9.53 Å². The zero-order valence-corrected chi connectivity index (χ0v) is 4.79. The molecule has 44 valence electrons. The average molecular weight is 115 g/mol. The molecule has 1 unspecified atom stereocenters. The Morgan fingerprint density at radius 1 is 1.88 bits per heavy atom. The zero-order valence-electron chi connectivity index (χ0n) is 4.79. The molecule has 1 atom stereocenters. The van der Waals surface area contributed by atoms with Crippen molar-refractivity contribution in [1.29, 1.82) is 5.39 Å². The van der Waals surface area contributed by atoms with Crippen LogP contribution in [0.5, 0.6) is 0 Å². The summed E-state index contributed by atoms with van der Waals surface area (Å²) in [6, 6.07) is -0.764. The molecule has 0 saturated carbocycles. The van der Waals surface area contributed by atoms with Crippen LogP contribution in [-0.2, 0) is 9.53 Å². The van der Waals surface area contributed by atoms with E-state index in [1.165, 1.54) is 14.0 Å². The molecule has 0 aliphatic carbocycles. The van der Waals surface area contributed by atoms with Crippen molar-refractivity contribution in [2.24, 2.45) is 0 Å². The number of diazo groups is 1. The fourth-order valence-electron chi connectivity index (χ4n) is 0.218. The van der Waals surface area contributed by atoms with Gasteiger partial charge in [0.15, 0.2) is 0 Å². The van der Waals surface area contributed by atoms with Gasteiger partial charge in [-0.25, -0.2) is 4.79 Å². The Balaban J connectivity index is 3.68. The van der Waals surface area contributed by atoms with Gasteiger partial charge in [-0.3, -0.25) is 0 Å². The SMILES string of the molecule is COC(=O)C(C)[N+]#N. The van der Waals surface area contributed by atoms with E-state index in [1.54, 1.807) is 0 Å². The number of rotatable bonds is 1. The first-order valence-corrected chi connectivity index (χ1v) is 2.14. The number of hydrogen-bond acceptors (Lipinski definition) is 3. The Kier molecular flexibility index (Phi) is 2.56. The van der Waals surface area contributed by atoms with Crippen molar-refractivity contribution >= 4 is 5.97 Å². The minimum Gasteiger partial charge on any atom is -0.463 e. The summed E-state index contributed by atoms with van der Waals surface area (Å²) >= 11 is 0. The first kappa shape index (κ1) is 6.89. The molecule has 0 amide bonds. The molecule has 4 heteroatoms. The Morgan fingerprint density at radius 3 is 2.50 bits per heavy atom. The predicted octanol–water partition coefficient (Wildman–Crippen LogP) is 0.401. The molecule has 0 bridgehead atoms. The lowest BCUT2D eigenvalue weighted by Crippen LogP contribution is -2.13. The average Bonchev–Trinajstić information content (AvgIpc) is 1.84. The molecule has 0 radical (unpaired) electrons. The van der Waals surface area contributed by atoms with Gasteiger partial charge in [0.1, 0.15) is 4.98 Å². The minimum absolute atomic E-state index is 0.535. The highest BCUT2D eigenvalue weighted by atomic mass is 16.5. The number of carbonyl (C=O) groups is 1. The Labute approximate surface area is 47.1 Å². The molecular weight excluding hydrogens is 108 g/mol. The van der Waals surface area contributed by atoms with Crippen LogP contribution in [-0.4, -0.2) is 19.1 Å². The summed E-state index contributed by atoms with van der Waals surface area (Å²) in [5.74, 6) is -0.535. The van der Waals surface area contributed by atoms with Crippen molar-refractivity contribution in [3.8, 4) is 0 Å². The molecule has 8 heavy (non-hydrogen) atoms. The van der Waals surface area contributed by atoms with Crippen molar-refractivity contribution in [3.63, 3.8) is 0 Å². The number of carbonyl (C=O) groups excluding carboxylic acids is 1. The predicted molar refractivity (Wildman–Crippen MR) is 26.6 cm³/mol. The maximum Gasteiger partial charge on any atom is 0.405 e. The summed E-state index contributed by atoms with van der Waals surface area (Å²) < 4.78 is 4.21. The number of ether oxygens (including phenoxy) is 1. The molecule has 0 fully saturated rings. The van der Waals surface area contributed by atoms with Gasteiger partial charge < -0.3 is 4.74 Å². The lowest BCUT2D eigenvalue weighted by molar-refractivity contribution is -0.140. The van der Waals surface area contributed by atoms with Crippen molar-refractivity contribution in [2.45, 2.75) is 13.0 Å². The largest absolute Gasteiger partial charge is 0.463 e. The second-order valence-corrected chi connectivity index (χ2v) is 1.31. The zero-order chi connectivity index (χ0) is 6.57. The topological polar surface area (TPSA) is 54.5 Å². The molecule has 0 N–H and O–H groups in total. The van der Waals surface area contributed by atoms with E-state index in [9.17, 15) is 4.79 Å². The van der Waals surface area contributed by atoms with Gasteiger partial charge in [0, 0.05) is 6.92 Å². The normalized spacial score (nSPS) is 11.6. The molecule has 0 heterocycles. The molecule has 0 rings (SSSR count). The van der Waals surface area contributed by atoms with E-state index in [4.69, 9.17) is 5.39 Å². The van der Waals surface area contributed by atoms with E-state index in [1.807, 2.05) is 0 Å². The second-order valence-electron chi connectivity index (χ2n) is 1.31. The first-order valence-electron chi connectivity index (χ1n) is 2.14. The number of hydrogen-bond donors (Lipinski definition) is 0. The highest BCUT2D eigenvalue weighted by Gasteiger charge is 2.23. The molecular formula is C4H7N2O2+. The van der Waals surface area contributed by atoms with Crippen LogP contribution < -0.4 is 0 Å². The van der Waals surface area contributed by atoms with Crippen LogP contribution in [0.4, 0.5) is 0 Å². The lowest BCUT2D eigenvalue weighted by Gasteiger charge is -1.87. The molecule has 4 nitrogen and oxygen atoms in total. The van der Waals surface area contributed by atoms with E-state index >= 15 is 0 Å². The van der Waals surface area contributed by atoms with Gasteiger partial charge in [-0.1, -0.05) is 0 Å². The maximum absolute atomic E-state index is 10.3. The van der Waals surface area contributed by atoms with E-state index in [2.05, 4.69) is 9.71 Å². The van der Waals surface area contributed by atoms with Crippen molar-refractivity contribution in [1.82, 2.24) is 0 Å². The summed E-state index contributed by atoms with van der Waals surface area (Å²) in [6.45, 7) is 1.44. The molecule has 0 aromatic carbocycles. The van der Waals surface area contributed by atoms with E-state index in [0.29, 0.717) is 0 Å². The second kappa shape index (κ2) is 2.97. The van der Waals surface area contributed by atoms with Gasteiger partial charge in [-0.2, -0.15) is 0 Å². The quantitative estimate of drug-likeness (QED) is 0.367. The standard InChI is InChI=1S/C4H7N2O2/c1-3(6-5)4(7)8-2/h3H,1-2H3/q+1. The highest BCUT2D eigenvalue weighted by molar-refractivity contribution is 5.76. The Bertz CT molecular complexity index is 126. The molecule has 0 aliphatic heterocycles. The first-order chi connectivity index (χ1) is 3.72. The van der Waals surface area contributed by atoms with Crippen LogP contribution in [0.25, 0.3) is 4.98 Å². The summed E-state index contributed by atoms with van der Waals surface area (Å²) in [5, 5.41) is 7.96. The van der Waals surface area contributed by atoms with Crippen LogP contribution in [0.1, 0.15) is 6.92 Å². The highest BCUT2D eigenvalue weighted by Crippen LogP contribution is 1.89. The van der Waals surface area contributed by atoms with Crippen molar-refractivity contribution in [3.05, 3.63) is 4.98 Å². The van der Waals surface area contributed by atoms with Crippen LogP contribution in [0.2, 0.25) is 0 Å². The van der Waals surface area contributed by atoms with Crippen molar-refractivity contribution in [2.75, 3.05) is 7.11 Å². The smallest absolute Gasteiger partial charge is 0.405 e. The Hall–Kier alpha value is -1.11. The molecule has 0 spiro atoms. The third kappa shape index (κ3) is 1.56. The van der Waals surface area contributed by atoms with Crippen LogP contribution in [0.15, 0.2) is 0 Å². The van der Waals surface area contributed by atoms with E-state index < -0.39 is 12.0 Å². The molecule has 0 saturated heterocycles. The van der Waals surface area contributed by atoms with Gasteiger partial charge in [-0.05, 0) is 0 Å². The third-order valence-electron chi connectivity index (χ3n) is 0.716. The number of methoxy groups -OCH3 is 1. The molecule has 0 aromatic heterocycles. The molecule has 0 aromatic rings. The van der Waals surface area contributed by atoms with Gasteiger partial charge in [0.2, 0.25) is 5.39 Å². The number of esters is 1. The number of nitrogens with zero attached hydrogens (tertiary/aromatic N) is 2. The summed E-state index contributed by atoms with van der Waals surface area (Å²) in [7, 11) is 1.24. The van der Waals surface area contributed by atoms with Gasteiger partial charge in [-0.15, -0.1) is 0 Å². The third-order valence-corrected chi connectivity index (χ3v) is 0.716. The van der Waals surface area contributed by atoms with Crippen LogP contribution in [0, 0.1) is 5.39 Å². The van der Waals surface area contributed by atoms with Crippen LogP contribution in [0.3, 0.4) is 0 Å². The summed E-state index contributed by atoms with van der Waals surface area (Å²) in [5.41, 5.74) is 0. The van der Waals surface area contributed by atoms with Gasteiger partial charge >= 0.3 is 12.0 Å². The minimum atomic E-state index is -0.764. The molecule has 0 aliphatic rings. The van der Waals surface area contributed by atoms with Crippen LogP contribution >= 0.6 is 0 Å². The van der Waals surface area contributed by atoms with Gasteiger partial charge in [0.05, 0.1) is 7.11 Å². The summed E-state index contributed by atoms with van der Waals surface area (Å²) in [4.78, 5) is 13.0. The maximum atomic E-state index is 10.3. The monoisotopic (exact) mass is 115 g/mol. The Morgan fingerprint density at radius 2 is 2.38 bits per heavy atom. The van der Waals surface area contributed by atoms with E-state index in [-0.39, 0.29) is 0 Å². The fourth-order valence-corrected chi connectivity index (χ4v) is 0.218. The lowest BCUT2D eigenvalue weighted by atomic mass is 10.4. The summed E-state index contributed by atoms with van der Waals surface area (Å²) in [6.07, 6.45) is 0. The van der Waals surface area contributed by atoms with E-state index in [0.717, 1.165) is 0 Å². The fraction of sp³-hybridized carbons (Fsp3) is 0.750.